The lowest BCUT2D eigenvalue weighted by Gasteiger charge is -2.03. The molecule has 1 aromatic rings. The van der Waals surface area contributed by atoms with Crippen LogP contribution in [0.4, 0.5) is 0 Å². The average molecular weight is 213 g/mol. The Balaban J connectivity index is 3.14. The van der Waals surface area contributed by atoms with Gasteiger partial charge in [0.1, 0.15) is 0 Å². The fourth-order valence-electron chi connectivity index (χ4n) is 1.12. The van der Waals surface area contributed by atoms with Gasteiger partial charge in [0, 0.05) is 9.92 Å². The molecule has 0 saturated carbocycles. The van der Waals surface area contributed by atoms with Crippen molar-refractivity contribution in [1.82, 2.24) is 0 Å². The van der Waals surface area contributed by atoms with Crippen molar-refractivity contribution in [3.8, 4) is 0 Å². The van der Waals surface area contributed by atoms with Crippen molar-refractivity contribution >= 4 is 29.4 Å². The SMILES string of the molecule is CSc1cc(Cl)ccc1C=C(C)C. The molecule has 0 fully saturated rings. The molecule has 0 spiro atoms. The van der Waals surface area contributed by atoms with Crippen LogP contribution in [0, 0.1) is 0 Å². The maximum Gasteiger partial charge on any atom is 0.0417 e. The van der Waals surface area contributed by atoms with Crippen LogP contribution in [0.5, 0.6) is 0 Å². The zero-order valence-corrected chi connectivity index (χ0v) is 9.67. The molecule has 0 aliphatic carbocycles. The maximum atomic E-state index is 5.90. The fraction of sp³-hybridized carbons (Fsp3) is 0.273. The molecular weight excluding hydrogens is 200 g/mol. The molecule has 1 aromatic carbocycles. The molecule has 0 atom stereocenters. The lowest BCUT2D eigenvalue weighted by molar-refractivity contribution is 1.37. The third kappa shape index (κ3) is 3.09. The molecule has 0 amide bonds. The van der Waals surface area contributed by atoms with E-state index in [2.05, 4.69) is 32.2 Å². The maximum absolute atomic E-state index is 5.90. The van der Waals surface area contributed by atoms with Gasteiger partial charge in [-0.1, -0.05) is 29.3 Å². The molecule has 0 aromatic heterocycles. The Morgan fingerprint density at radius 2 is 2.08 bits per heavy atom. The van der Waals surface area contributed by atoms with Crippen molar-refractivity contribution in [1.29, 1.82) is 0 Å². The van der Waals surface area contributed by atoms with E-state index in [-0.39, 0.29) is 0 Å². The minimum absolute atomic E-state index is 0.801. The topological polar surface area (TPSA) is 0 Å². The Hall–Kier alpha value is -0.400. The van der Waals surface area contributed by atoms with Gasteiger partial charge in [-0.25, -0.2) is 0 Å². The van der Waals surface area contributed by atoms with Crippen molar-refractivity contribution in [2.45, 2.75) is 18.7 Å². The highest BCUT2D eigenvalue weighted by Crippen LogP contribution is 2.25. The number of halogens is 1. The third-order valence-electron chi connectivity index (χ3n) is 1.64. The van der Waals surface area contributed by atoms with E-state index < -0.39 is 0 Å². The van der Waals surface area contributed by atoms with E-state index in [0.717, 1.165) is 5.02 Å². The highest BCUT2D eigenvalue weighted by atomic mass is 35.5. The number of hydrogen-bond donors (Lipinski definition) is 0. The van der Waals surface area contributed by atoms with E-state index >= 15 is 0 Å². The Morgan fingerprint density at radius 1 is 1.38 bits per heavy atom. The summed E-state index contributed by atoms with van der Waals surface area (Å²) in [5.41, 5.74) is 2.55. The minimum Gasteiger partial charge on any atom is -0.129 e. The standard InChI is InChI=1S/C11H13ClS/c1-8(2)6-9-4-5-10(12)7-11(9)13-3/h4-7H,1-3H3. The van der Waals surface area contributed by atoms with Crippen molar-refractivity contribution in [3.05, 3.63) is 34.4 Å². The second-order valence-corrected chi connectivity index (χ2v) is 4.39. The number of benzene rings is 1. The van der Waals surface area contributed by atoms with Gasteiger partial charge in [-0.05, 0) is 37.8 Å². The molecular formula is C11H13ClS. The third-order valence-corrected chi connectivity index (χ3v) is 2.67. The van der Waals surface area contributed by atoms with Gasteiger partial charge in [-0.3, -0.25) is 0 Å². The van der Waals surface area contributed by atoms with E-state index in [0.29, 0.717) is 0 Å². The molecule has 0 bridgehead atoms. The number of hydrogen-bond acceptors (Lipinski definition) is 1. The fourth-order valence-corrected chi connectivity index (χ4v) is 1.96. The van der Waals surface area contributed by atoms with E-state index in [4.69, 9.17) is 11.6 Å². The quantitative estimate of drug-likeness (QED) is 0.652. The highest BCUT2D eigenvalue weighted by molar-refractivity contribution is 7.98. The first-order valence-corrected chi connectivity index (χ1v) is 5.72. The highest BCUT2D eigenvalue weighted by Gasteiger charge is 1.99. The Labute approximate surface area is 89.0 Å². The van der Waals surface area contributed by atoms with Gasteiger partial charge in [0.05, 0.1) is 0 Å². The summed E-state index contributed by atoms with van der Waals surface area (Å²) in [6.45, 7) is 4.19. The predicted molar refractivity (Wildman–Crippen MR) is 62.6 cm³/mol. The minimum atomic E-state index is 0.801. The van der Waals surface area contributed by atoms with Crippen molar-refractivity contribution < 1.29 is 0 Å². The number of rotatable bonds is 2. The van der Waals surface area contributed by atoms with Crippen LogP contribution in [-0.4, -0.2) is 6.26 Å². The second kappa shape index (κ2) is 4.73. The average Bonchev–Trinajstić information content (AvgIpc) is 2.07. The Morgan fingerprint density at radius 3 is 2.62 bits per heavy atom. The lowest BCUT2D eigenvalue weighted by Crippen LogP contribution is -1.79. The van der Waals surface area contributed by atoms with Crippen LogP contribution in [0.2, 0.25) is 5.02 Å². The van der Waals surface area contributed by atoms with Gasteiger partial charge < -0.3 is 0 Å². The number of thioether (sulfide) groups is 1. The van der Waals surface area contributed by atoms with Gasteiger partial charge in [0.25, 0.3) is 0 Å². The molecule has 0 aliphatic rings. The lowest BCUT2D eigenvalue weighted by atomic mass is 10.1. The summed E-state index contributed by atoms with van der Waals surface area (Å²) in [6.07, 6.45) is 4.23. The summed E-state index contributed by atoms with van der Waals surface area (Å²) in [5.74, 6) is 0. The molecule has 0 saturated heterocycles. The van der Waals surface area contributed by atoms with Crippen molar-refractivity contribution in [3.63, 3.8) is 0 Å². The predicted octanol–water partition coefficient (Wildman–Crippen LogP) is 4.49. The van der Waals surface area contributed by atoms with E-state index in [9.17, 15) is 0 Å². The summed E-state index contributed by atoms with van der Waals surface area (Å²) < 4.78 is 0. The Bertz CT molecular complexity index is 325. The van der Waals surface area contributed by atoms with Gasteiger partial charge >= 0.3 is 0 Å². The number of allylic oxidation sites excluding steroid dienone is 1. The zero-order valence-electron chi connectivity index (χ0n) is 8.10. The molecule has 1 rings (SSSR count). The van der Waals surface area contributed by atoms with Crippen LogP contribution >= 0.6 is 23.4 Å². The summed E-state index contributed by atoms with van der Waals surface area (Å²) in [4.78, 5) is 1.23. The van der Waals surface area contributed by atoms with Crippen LogP contribution in [0.3, 0.4) is 0 Å². The van der Waals surface area contributed by atoms with Crippen LogP contribution < -0.4 is 0 Å². The van der Waals surface area contributed by atoms with Crippen molar-refractivity contribution in [2.75, 3.05) is 6.26 Å². The van der Waals surface area contributed by atoms with Gasteiger partial charge in [-0.2, -0.15) is 0 Å². The van der Waals surface area contributed by atoms with Gasteiger partial charge in [0.15, 0.2) is 0 Å². The first kappa shape index (κ1) is 10.7. The largest absolute Gasteiger partial charge is 0.129 e. The zero-order chi connectivity index (χ0) is 9.84. The molecule has 2 heteroatoms. The normalized spacial score (nSPS) is 9.85. The molecule has 0 aliphatic heterocycles. The molecule has 70 valence electrons. The Kier molecular flexibility index (Phi) is 3.89. The monoisotopic (exact) mass is 212 g/mol. The van der Waals surface area contributed by atoms with Gasteiger partial charge in [-0.15, -0.1) is 11.8 Å². The van der Waals surface area contributed by atoms with Crippen LogP contribution in [-0.2, 0) is 0 Å². The smallest absolute Gasteiger partial charge is 0.0417 e. The molecule has 0 N–H and O–H groups in total. The molecule has 0 radical (unpaired) electrons. The van der Waals surface area contributed by atoms with E-state index in [1.807, 2.05) is 12.1 Å². The van der Waals surface area contributed by atoms with Crippen LogP contribution in [0.1, 0.15) is 19.4 Å². The van der Waals surface area contributed by atoms with E-state index in [1.165, 1.54) is 16.0 Å². The summed E-state index contributed by atoms with van der Waals surface area (Å²) in [7, 11) is 0. The first-order chi connectivity index (χ1) is 6.13. The van der Waals surface area contributed by atoms with Crippen molar-refractivity contribution in [2.24, 2.45) is 0 Å². The van der Waals surface area contributed by atoms with E-state index in [1.54, 1.807) is 11.8 Å². The summed E-state index contributed by atoms with van der Waals surface area (Å²) in [5, 5.41) is 0.801. The summed E-state index contributed by atoms with van der Waals surface area (Å²) in [6, 6.07) is 5.98. The molecule has 0 heterocycles. The molecule has 0 unspecified atom stereocenters. The van der Waals surface area contributed by atoms with Gasteiger partial charge in [0.2, 0.25) is 0 Å². The van der Waals surface area contributed by atoms with Crippen LogP contribution in [0.25, 0.3) is 6.08 Å². The molecule has 13 heavy (non-hydrogen) atoms. The second-order valence-electron chi connectivity index (χ2n) is 3.11. The first-order valence-electron chi connectivity index (χ1n) is 4.12. The molecule has 0 nitrogen and oxygen atoms in total. The van der Waals surface area contributed by atoms with Crippen LogP contribution in [0.15, 0.2) is 28.7 Å². The summed E-state index contributed by atoms with van der Waals surface area (Å²) >= 11 is 7.62.